The van der Waals surface area contributed by atoms with Gasteiger partial charge in [-0.15, -0.1) is 0 Å². The second-order valence-electron chi connectivity index (χ2n) is 5.08. The van der Waals surface area contributed by atoms with Crippen molar-refractivity contribution in [3.05, 3.63) is 17.8 Å². The minimum absolute atomic E-state index is 0.903. The van der Waals surface area contributed by atoms with Crippen LogP contribution in [0.1, 0.15) is 37.3 Å². The van der Waals surface area contributed by atoms with Gasteiger partial charge < -0.3 is 14.6 Å². The van der Waals surface area contributed by atoms with Crippen LogP contribution in [0, 0.1) is 0 Å². The van der Waals surface area contributed by atoms with Gasteiger partial charge in [0, 0.05) is 19.4 Å². The molecule has 0 spiro atoms. The Balaban J connectivity index is 1.69. The van der Waals surface area contributed by atoms with E-state index < -0.39 is 0 Å². The second-order valence-corrected chi connectivity index (χ2v) is 5.08. The average Bonchev–Trinajstić information content (AvgIpc) is 2.86. The van der Waals surface area contributed by atoms with Gasteiger partial charge in [-0.2, -0.15) is 0 Å². The van der Waals surface area contributed by atoms with Crippen molar-refractivity contribution in [2.75, 3.05) is 33.2 Å². The molecule has 1 N–H and O–H groups in total. The number of nitrogens with one attached hydrogen (secondary N) is 1. The first-order valence-corrected chi connectivity index (χ1v) is 7.19. The fourth-order valence-electron chi connectivity index (χ4n) is 2.46. The molecule has 4 nitrogen and oxygen atoms in total. The molecule has 2 rings (SSSR count). The van der Waals surface area contributed by atoms with Crippen molar-refractivity contribution in [1.82, 2.24) is 15.2 Å². The second kappa shape index (κ2) is 7.54. The van der Waals surface area contributed by atoms with Crippen molar-refractivity contribution in [3.63, 3.8) is 0 Å². The zero-order chi connectivity index (χ0) is 12.6. The van der Waals surface area contributed by atoms with Gasteiger partial charge in [0.1, 0.15) is 5.76 Å². The summed E-state index contributed by atoms with van der Waals surface area (Å²) in [5.74, 6) is 1.93. The molecule has 0 bridgehead atoms. The smallest absolute Gasteiger partial charge is 0.195 e. The molecule has 0 radical (unpaired) electrons. The minimum atomic E-state index is 0.903. The van der Waals surface area contributed by atoms with Crippen LogP contribution >= 0.6 is 0 Å². The fraction of sp³-hybridized carbons (Fsp3) is 0.786. The third-order valence-electron chi connectivity index (χ3n) is 3.54. The maximum atomic E-state index is 5.76. The Morgan fingerprint density at radius 2 is 2.11 bits per heavy atom. The lowest BCUT2D eigenvalue weighted by Gasteiger charge is -2.25. The topological polar surface area (TPSA) is 41.3 Å². The maximum Gasteiger partial charge on any atom is 0.195 e. The van der Waals surface area contributed by atoms with Crippen molar-refractivity contribution >= 4 is 0 Å². The summed E-state index contributed by atoms with van der Waals surface area (Å²) in [5.41, 5.74) is 0. The van der Waals surface area contributed by atoms with Crippen LogP contribution in [0.4, 0.5) is 0 Å². The SMILES string of the molecule is CNCCCc1cnc(CCN2CCCCC2)o1. The van der Waals surface area contributed by atoms with Gasteiger partial charge in [-0.05, 0) is 45.9 Å². The van der Waals surface area contributed by atoms with Gasteiger partial charge in [-0.25, -0.2) is 4.98 Å². The Bertz CT molecular complexity index is 332. The van der Waals surface area contributed by atoms with Gasteiger partial charge in [0.2, 0.25) is 0 Å². The van der Waals surface area contributed by atoms with Crippen molar-refractivity contribution in [1.29, 1.82) is 0 Å². The van der Waals surface area contributed by atoms with Gasteiger partial charge >= 0.3 is 0 Å². The molecule has 0 saturated carbocycles. The van der Waals surface area contributed by atoms with Crippen molar-refractivity contribution in [3.8, 4) is 0 Å². The summed E-state index contributed by atoms with van der Waals surface area (Å²) in [6, 6.07) is 0. The zero-order valence-electron chi connectivity index (χ0n) is 11.5. The van der Waals surface area contributed by atoms with E-state index in [4.69, 9.17) is 4.42 Å². The number of hydrogen-bond donors (Lipinski definition) is 1. The van der Waals surface area contributed by atoms with Gasteiger partial charge in [-0.1, -0.05) is 6.42 Å². The highest BCUT2D eigenvalue weighted by Crippen LogP contribution is 2.11. The predicted molar refractivity (Wildman–Crippen MR) is 72.7 cm³/mol. The molecule has 0 aliphatic carbocycles. The summed E-state index contributed by atoms with van der Waals surface area (Å²) in [4.78, 5) is 6.89. The average molecular weight is 251 g/mol. The van der Waals surface area contributed by atoms with Crippen molar-refractivity contribution < 1.29 is 4.42 Å². The molecule has 0 atom stereocenters. The van der Waals surface area contributed by atoms with Crippen molar-refractivity contribution in [2.45, 2.75) is 38.5 Å². The summed E-state index contributed by atoms with van der Waals surface area (Å²) in [7, 11) is 1.98. The van der Waals surface area contributed by atoms with Gasteiger partial charge in [0.05, 0.1) is 6.20 Å². The van der Waals surface area contributed by atoms with Crippen LogP contribution in [0.3, 0.4) is 0 Å². The zero-order valence-corrected chi connectivity index (χ0v) is 11.5. The Hall–Kier alpha value is -0.870. The molecule has 4 heteroatoms. The number of aromatic nitrogens is 1. The molecule has 1 aromatic heterocycles. The van der Waals surface area contributed by atoms with Crippen molar-refractivity contribution in [2.24, 2.45) is 0 Å². The highest BCUT2D eigenvalue weighted by molar-refractivity contribution is 4.95. The number of likely N-dealkylation sites (tertiary alicyclic amines) is 1. The van der Waals surface area contributed by atoms with Gasteiger partial charge in [-0.3, -0.25) is 0 Å². The van der Waals surface area contributed by atoms with Crippen LogP contribution in [0.25, 0.3) is 0 Å². The van der Waals surface area contributed by atoms with Crippen LogP contribution in [0.15, 0.2) is 10.6 Å². The normalized spacial score (nSPS) is 17.2. The van der Waals surface area contributed by atoms with E-state index >= 15 is 0 Å². The van der Waals surface area contributed by atoms with E-state index in [9.17, 15) is 0 Å². The van der Waals surface area contributed by atoms with Crippen LogP contribution in [-0.2, 0) is 12.8 Å². The summed E-state index contributed by atoms with van der Waals surface area (Å²) in [5, 5.41) is 3.14. The largest absolute Gasteiger partial charge is 0.446 e. The van der Waals surface area contributed by atoms with Crippen LogP contribution < -0.4 is 5.32 Å². The lowest BCUT2D eigenvalue weighted by Crippen LogP contribution is -2.31. The maximum absolute atomic E-state index is 5.76. The van der Waals surface area contributed by atoms with Gasteiger partial charge in [0.15, 0.2) is 5.89 Å². The van der Waals surface area contributed by atoms with E-state index in [1.54, 1.807) is 0 Å². The number of nitrogens with zero attached hydrogens (tertiary/aromatic N) is 2. The summed E-state index contributed by atoms with van der Waals surface area (Å²) in [6.07, 6.45) is 9.02. The molecule has 1 aliphatic heterocycles. The van der Waals surface area contributed by atoms with Gasteiger partial charge in [0.25, 0.3) is 0 Å². The summed E-state index contributed by atoms with van der Waals surface area (Å²) in [6.45, 7) is 4.62. The monoisotopic (exact) mass is 251 g/mol. The molecule has 1 fully saturated rings. The number of piperidine rings is 1. The highest BCUT2D eigenvalue weighted by Gasteiger charge is 2.11. The van der Waals surface area contributed by atoms with E-state index in [2.05, 4.69) is 15.2 Å². The third kappa shape index (κ3) is 4.42. The Morgan fingerprint density at radius 1 is 1.28 bits per heavy atom. The Morgan fingerprint density at radius 3 is 2.89 bits per heavy atom. The molecule has 2 heterocycles. The molecule has 0 aromatic carbocycles. The minimum Gasteiger partial charge on any atom is -0.446 e. The van der Waals surface area contributed by atoms with E-state index in [1.165, 1.54) is 32.4 Å². The molecule has 0 amide bonds. The lowest BCUT2D eigenvalue weighted by atomic mass is 10.1. The first-order chi connectivity index (χ1) is 8.88. The summed E-state index contributed by atoms with van der Waals surface area (Å²) >= 11 is 0. The van der Waals surface area contributed by atoms with Crippen LogP contribution in [-0.4, -0.2) is 43.1 Å². The standard InChI is InChI=1S/C14H25N3O/c1-15-8-5-6-13-12-16-14(18-13)7-11-17-9-3-2-4-10-17/h12,15H,2-11H2,1H3. The number of rotatable bonds is 7. The lowest BCUT2D eigenvalue weighted by molar-refractivity contribution is 0.225. The van der Waals surface area contributed by atoms with E-state index in [0.29, 0.717) is 0 Å². The number of oxazole rings is 1. The molecule has 102 valence electrons. The quantitative estimate of drug-likeness (QED) is 0.751. The fourth-order valence-corrected chi connectivity index (χ4v) is 2.46. The molecule has 1 aromatic rings. The predicted octanol–water partition coefficient (Wildman–Crippen LogP) is 1.85. The Labute approximate surface area is 110 Å². The molecule has 18 heavy (non-hydrogen) atoms. The molecule has 1 saturated heterocycles. The first kappa shape index (κ1) is 13.6. The van der Waals surface area contributed by atoms with E-state index in [0.717, 1.165) is 44.0 Å². The molecular weight excluding hydrogens is 226 g/mol. The Kier molecular flexibility index (Phi) is 5.68. The number of aryl methyl sites for hydroxylation is 1. The first-order valence-electron chi connectivity index (χ1n) is 7.19. The van der Waals surface area contributed by atoms with Crippen LogP contribution in [0.2, 0.25) is 0 Å². The molecular formula is C14H25N3O. The summed E-state index contributed by atoms with van der Waals surface area (Å²) < 4.78 is 5.76. The highest BCUT2D eigenvalue weighted by atomic mass is 16.4. The number of hydrogen-bond acceptors (Lipinski definition) is 4. The third-order valence-corrected chi connectivity index (χ3v) is 3.54. The van der Waals surface area contributed by atoms with E-state index in [1.807, 2.05) is 13.2 Å². The molecule has 1 aliphatic rings. The van der Waals surface area contributed by atoms with Crippen LogP contribution in [0.5, 0.6) is 0 Å². The van der Waals surface area contributed by atoms with E-state index in [-0.39, 0.29) is 0 Å². The molecule has 0 unspecified atom stereocenters.